The lowest BCUT2D eigenvalue weighted by Crippen LogP contribution is -2.08. The molecule has 0 aliphatic rings. The van der Waals surface area contributed by atoms with Crippen LogP contribution in [-0.2, 0) is 28.5 Å². The van der Waals surface area contributed by atoms with E-state index in [9.17, 15) is 9.59 Å². The summed E-state index contributed by atoms with van der Waals surface area (Å²) in [7, 11) is 0. The van der Waals surface area contributed by atoms with E-state index in [0.29, 0.717) is 65.0 Å². The fourth-order valence-electron chi connectivity index (χ4n) is 1.68. The zero-order chi connectivity index (χ0) is 17.2. The molecule has 132 valence electrons. The van der Waals surface area contributed by atoms with Crippen molar-refractivity contribution in [2.45, 2.75) is 44.9 Å². The van der Waals surface area contributed by atoms with Gasteiger partial charge in [-0.3, -0.25) is 9.59 Å². The van der Waals surface area contributed by atoms with Crippen LogP contribution in [0.25, 0.3) is 0 Å². The first-order valence-corrected chi connectivity index (χ1v) is 7.97. The maximum atomic E-state index is 11.4. The second kappa shape index (κ2) is 16.4. The van der Waals surface area contributed by atoms with Crippen LogP contribution in [0.5, 0.6) is 0 Å². The van der Waals surface area contributed by atoms with Crippen LogP contribution in [0.3, 0.4) is 0 Å². The number of carbonyl (C=O) groups excluding carboxylic acids is 2. The summed E-state index contributed by atoms with van der Waals surface area (Å²) in [6.07, 6.45) is 6.99. The van der Waals surface area contributed by atoms with Crippen molar-refractivity contribution in [1.29, 1.82) is 0 Å². The van der Waals surface area contributed by atoms with Gasteiger partial charge in [0.1, 0.15) is 0 Å². The molecule has 0 saturated carbocycles. The molecular formula is C17H28O6. The zero-order valence-electron chi connectivity index (χ0n) is 13.8. The van der Waals surface area contributed by atoms with Crippen LogP contribution in [0.15, 0.2) is 25.7 Å². The van der Waals surface area contributed by atoms with Crippen molar-refractivity contribution in [3.63, 3.8) is 0 Å². The topological polar surface area (TPSA) is 71.1 Å². The van der Waals surface area contributed by atoms with E-state index in [1.54, 1.807) is 0 Å². The van der Waals surface area contributed by atoms with Crippen molar-refractivity contribution >= 4 is 11.9 Å². The predicted octanol–water partition coefficient (Wildman–Crippen LogP) is 3.12. The van der Waals surface area contributed by atoms with Crippen LogP contribution in [0, 0.1) is 0 Å². The van der Waals surface area contributed by atoms with Gasteiger partial charge in [0.05, 0.1) is 39.0 Å². The van der Waals surface area contributed by atoms with Gasteiger partial charge in [-0.1, -0.05) is 19.6 Å². The molecule has 0 radical (unpaired) electrons. The molecule has 0 heterocycles. The first-order valence-electron chi connectivity index (χ1n) is 7.97. The molecule has 0 spiro atoms. The second-order valence-electron chi connectivity index (χ2n) is 4.78. The van der Waals surface area contributed by atoms with Crippen molar-refractivity contribution < 1.29 is 28.5 Å². The summed E-state index contributed by atoms with van der Waals surface area (Å²) in [5, 5.41) is 0. The van der Waals surface area contributed by atoms with Crippen molar-refractivity contribution in [3.05, 3.63) is 25.7 Å². The molecule has 0 aromatic heterocycles. The molecule has 0 aromatic carbocycles. The zero-order valence-corrected chi connectivity index (χ0v) is 13.8. The van der Waals surface area contributed by atoms with E-state index in [4.69, 9.17) is 18.9 Å². The summed E-state index contributed by atoms with van der Waals surface area (Å²) >= 11 is 0. The van der Waals surface area contributed by atoms with Gasteiger partial charge in [0.15, 0.2) is 0 Å². The third-order valence-electron chi connectivity index (χ3n) is 2.84. The van der Waals surface area contributed by atoms with Gasteiger partial charge in [0.25, 0.3) is 0 Å². The lowest BCUT2D eigenvalue weighted by Gasteiger charge is -2.06. The molecule has 0 saturated heterocycles. The Morgan fingerprint density at radius 2 is 1.09 bits per heavy atom. The molecule has 0 fully saturated rings. The highest BCUT2D eigenvalue weighted by molar-refractivity contribution is 5.69. The number of rotatable bonds is 16. The highest BCUT2D eigenvalue weighted by Gasteiger charge is 2.05. The first-order chi connectivity index (χ1) is 11.2. The smallest absolute Gasteiger partial charge is 0.305 e. The summed E-state index contributed by atoms with van der Waals surface area (Å²) in [4.78, 5) is 22.8. The minimum absolute atomic E-state index is 0.214. The first kappa shape index (κ1) is 21.0. The van der Waals surface area contributed by atoms with Crippen LogP contribution < -0.4 is 0 Å². The van der Waals surface area contributed by atoms with Crippen LogP contribution in [0.4, 0.5) is 0 Å². The minimum atomic E-state index is -0.214. The number of hydrogen-bond acceptors (Lipinski definition) is 6. The molecule has 6 nitrogen and oxygen atoms in total. The fraction of sp³-hybridized carbons (Fsp3) is 0.647. The molecule has 0 amide bonds. The molecule has 0 unspecified atom stereocenters. The summed E-state index contributed by atoms with van der Waals surface area (Å²) < 4.78 is 19.9. The number of hydrogen-bond donors (Lipinski definition) is 0. The van der Waals surface area contributed by atoms with E-state index in [1.165, 1.54) is 12.5 Å². The van der Waals surface area contributed by atoms with Gasteiger partial charge in [-0.25, -0.2) is 0 Å². The average Bonchev–Trinajstić information content (AvgIpc) is 2.54. The average molecular weight is 328 g/mol. The normalized spacial score (nSPS) is 9.74. The molecule has 6 heteroatoms. The Labute approximate surface area is 138 Å². The Balaban J connectivity index is 3.33. The van der Waals surface area contributed by atoms with Crippen LogP contribution in [0.1, 0.15) is 44.9 Å². The number of carbonyl (C=O) groups is 2. The van der Waals surface area contributed by atoms with Gasteiger partial charge in [-0.15, -0.1) is 0 Å². The number of unbranched alkanes of at least 4 members (excludes halogenated alkanes) is 2. The predicted molar refractivity (Wildman–Crippen MR) is 86.5 cm³/mol. The van der Waals surface area contributed by atoms with Crippen molar-refractivity contribution in [3.8, 4) is 0 Å². The van der Waals surface area contributed by atoms with Gasteiger partial charge in [-0.2, -0.15) is 0 Å². The standard InChI is InChI=1S/C17H28O6/c1-3-20-12-8-14-22-16(18)10-6-5-7-11-17(19)23-15-9-13-21-4-2/h3-4H,1-2,5-15H2. The molecule has 23 heavy (non-hydrogen) atoms. The Bertz CT molecular complexity index is 308. The summed E-state index contributed by atoms with van der Waals surface area (Å²) in [6.45, 7) is 8.55. The van der Waals surface area contributed by atoms with Crippen LogP contribution in [0.2, 0.25) is 0 Å². The molecular weight excluding hydrogens is 300 g/mol. The third kappa shape index (κ3) is 16.2. The Morgan fingerprint density at radius 3 is 1.48 bits per heavy atom. The van der Waals surface area contributed by atoms with E-state index in [-0.39, 0.29) is 11.9 Å². The van der Waals surface area contributed by atoms with E-state index < -0.39 is 0 Å². The largest absolute Gasteiger partial charge is 0.502 e. The maximum absolute atomic E-state index is 11.4. The second-order valence-corrected chi connectivity index (χ2v) is 4.78. The molecule has 0 bridgehead atoms. The van der Waals surface area contributed by atoms with Crippen molar-refractivity contribution in [2.75, 3.05) is 26.4 Å². The van der Waals surface area contributed by atoms with E-state index in [0.717, 1.165) is 6.42 Å². The summed E-state index contributed by atoms with van der Waals surface area (Å²) in [5.74, 6) is -0.429. The molecule has 0 aliphatic heterocycles. The highest BCUT2D eigenvalue weighted by atomic mass is 16.5. The van der Waals surface area contributed by atoms with Gasteiger partial charge in [-0.05, 0) is 12.8 Å². The monoisotopic (exact) mass is 328 g/mol. The maximum Gasteiger partial charge on any atom is 0.305 e. The van der Waals surface area contributed by atoms with Crippen molar-refractivity contribution in [1.82, 2.24) is 0 Å². The quantitative estimate of drug-likeness (QED) is 0.246. The van der Waals surface area contributed by atoms with Gasteiger partial charge in [0, 0.05) is 25.7 Å². The molecule has 0 aliphatic carbocycles. The molecule has 0 N–H and O–H groups in total. The lowest BCUT2D eigenvalue weighted by atomic mass is 10.1. The van der Waals surface area contributed by atoms with E-state index in [2.05, 4.69) is 13.2 Å². The van der Waals surface area contributed by atoms with Gasteiger partial charge >= 0.3 is 11.9 Å². The molecule has 0 atom stereocenters. The number of ether oxygens (including phenoxy) is 4. The van der Waals surface area contributed by atoms with Gasteiger partial charge in [0.2, 0.25) is 0 Å². The summed E-state index contributed by atoms with van der Waals surface area (Å²) in [6, 6.07) is 0. The Morgan fingerprint density at radius 1 is 0.652 bits per heavy atom. The van der Waals surface area contributed by atoms with Gasteiger partial charge < -0.3 is 18.9 Å². The lowest BCUT2D eigenvalue weighted by molar-refractivity contribution is -0.144. The fourth-order valence-corrected chi connectivity index (χ4v) is 1.68. The number of esters is 2. The Hall–Kier alpha value is -1.98. The SMILES string of the molecule is C=COCCCOC(=O)CCCCCC(=O)OCCCOC=C. The molecule has 0 aromatic rings. The third-order valence-corrected chi connectivity index (χ3v) is 2.84. The van der Waals surface area contributed by atoms with Crippen LogP contribution >= 0.6 is 0 Å². The van der Waals surface area contributed by atoms with E-state index in [1.807, 2.05) is 0 Å². The summed E-state index contributed by atoms with van der Waals surface area (Å²) in [5.41, 5.74) is 0. The van der Waals surface area contributed by atoms with Crippen LogP contribution in [-0.4, -0.2) is 38.4 Å². The minimum Gasteiger partial charge on any atom is -0.502 e. The Kier molecular flexibility index (Phi) is 15.0. The van der Waals surface area contributed by atoms with E-state index >= 15 is 0 Å². The van der Waals surface area contributed by atoms with Crippen molar-refractivity contribution in [2.24, 2.45) is 0 Å². The highest BCUT2D eigenvalue weighted by Crippen LogP contribution is 2.05. The molecule has 0 rings (SSSR count).